The fourth-order valence-electron chi connectivity index (χ4n) is 7.25. The van der Waals surface area contributed by atoms with Crippen LogP contribution in [0.5, 0.6) is 0 Å². The van der Waals surface area contributed by atoms with E-state index < -0.39 is 0 Å². The van der Waals surface area contributed by atoms with Gasteiger partial charge in [0.05, 0.1) is 27.6 Å². The van der Waals surface area contributed by atoms with E-state index >= 15 is 0 Å². The Bertz CT molecular complexity index is 2870. The molecule has 228 valence electrons. The van der Waals surface area contributed by atoms with Crippen LogP contribution in [-0.4, -0.2) is 19.5 Å². The summed E-state index contributed by atoms with van der Waals surface area (Å²) in [6.45, 7) is 0. The summed E-state index contributed by atoms with van der Waals surface area (Å²) in [5.41, 5.74) is 11.8. The second-order valence-corrected chi connectivity index (χ2v) is 12.5. The van der Waals surface area contributed by atoms with Crippen LogP contribution in [0.25, 0.3) is 93.8 Å². The Morgan fingerprint density at radius 1 is 0.408 bits per heavy atom. The van der Waals surface area contributed by atoms with Crippen molar-refractivity contribution in [3.05, 3.63) is 170 Å². The maximum absolute atomic E-state index is 5.09. The lowest BCUT2D eigenvalue weighted by Crippen LogP contribution is -1.97. The summed E-state index contributed by atoms with van der Waals surface area (Å²) in [6, 6.07) is 57.9. The Morgan fingerprint density at radius 3 is 1.94 bits per heavy atom. The number of fused-ring (bicyclic) bond motifs is 6. The van der Waals surface area contributed by atoms with E-state index in [0.29, 0.717) is 0 Å². The molecule has 4 nitrogen and oxygen atoms in total. The summed E-state index contributed by atoms with van der Waals surface area (Å²) in [5.74, 6) is 0.935. The van der Waals surface area contributed by atoms with E-state index in [1.54, 1.807) is 0 Å². The molecule has 3 heterocycles. The molecule has 10 rings (SSSR count). The number of benzene rings is 7. The third kappa shape index (κ3) is 4.49. The normalized spacial score (nSPS) is 11.7. The van der Waals surface area contributed by atoms with Crippen molar-refractivity contribution in [1.29, 1.82) is 0 Å². The first kappa shape index (κ1) is 27.5. The molecule has 0 N–H and O–H groups in total. The molecule has 0 atom stereocenters. The van der Waals surface area contributed by atoms with Crippen molar-refractivity contribution in [2.75, 3.05) is 0 Å². The zero-order valence-electron chi connectivity index (χ0n) is 26.5. The lowest BCUT2D eigenvalue weighted by Gasteiger charge is -2.14. The highest BCUT2D eigenvalue weighted by Crippen LogP contribution is 2.39. The standard InChI is InChI=1S/C45H28N4/c1-2-10-36(11-3-1)49-41-15-7-6-14-40(41)48-45(49)31-18-16-29(17-19-31)32-20-21-34-28-35(23-22-33(34)27-32)42-37-12-4-5-13-39(37)47-44-38(42)25-24-30-9-8-26-46-43(30)44/h1-28H. The topological polar surface area (TPSA) is 43.6 Å². The maximum atomic E-state index is 5.09. The zero-order chi connectivity index (χ0) is 32.3. The van der Waals surface area contributed by atoms with E-state index in [-0.39, 0.29) is 0 Å². The molecule has 0 amide bonds. The van der Waals surface area contributed by atoms with Crippen molar-refractivity contribution in [1.82, 2.24) is 19.5 Å². The first-order chi connectivity index (χ1) is 24.3. The van der Waals surface area contributed by atoms with Crippen LogP contribution < -0.4 is 0 Å². The lowest BCUT2D eigenvalue weighted by molar-refractivity contribution is 1.10. The monoisotopic (exact) mass is 624 g/mol. The Kier molecular flexibility index (Phi) is 6.15. The van der Waals surface area contributed by atoms with Gasteiger partial charge in [-0.05, 0) is 76.0 Å². The lowest BCUT2D eigenvalue weighted by atomic mass is 9.93. The van der Waals surface area contributed by atoms with Gasteiger partial charge in [-0.25, -0.2) is 9.97 Å². The molecule has 7 aromatic carbocycles. The molecule has 0 spiro atoms. The summed E-state index contributed by atoms with van der Waals surface area (Å²) in [7, 11) is 0. The predicted molar refractivity (Wildman–Crippen MR) is 203 cm³/mol. The number of hydrogen-bond donors (Lipinski definition) is 0. The number of para-hydroxylation sites is 4. The smallest absolute Gasteiger partial charge is 0.145 e. The first-order valence-electron chi connectivity index (χ1n) is 16.5. The molecular weight excluding hydrogens is 597 g/mol. The molecule has 0 aliphatic heterocycles. The van der Waals surface area contributed by atoms with Crippen LogP contribution in [0.1, 0.15) is 0 Å². The summed E-state index contributed by atoms with van der Waals surface area (Å²) < 4.78 is 2.24. The van der Waals surface area contributed by atoms with Crippen LogP contribution >= 0.6 is 0 Å². The quantitative estimate of drug-likeness (QED) is 0.145. The predicted octanol–water partition coefficient (Wildman–Crippen LogP) is 11.4. The third-order valence-corrected chi connectivity index (χ3v) is 9.60. The van der Waals surface area contributed by atoms with E-state index in [1.807, 2.05) is 24.4 Å². The highest BCUT2D eigenvalue weighted by Gasteiger charge is 2.16. The van der Waals surface area contributed by atoms with Gasteiger partial charge in [-0.3, -0.25) is 9.55 Å². The molecule has 0 bridgehead atoms. The molecule has 0 fully saturated rings. The number of rotatable bonds is 4. The van der Waals surface area contributed by atoms with Crippen molar-refractivity contribution in [3.8, 4) is 39.3 Å². The molecule has 0 saturated carbocycles. The summed E-state index contributed by atoms with van der Waals surface area (Å²) in [5, 5.41) is 5.75. The Hall–Kier alpha value is -6.65. The summed E-state index contributed by atoms with van der Waals surface area (Å²) in [6.07, 6.45) is 1.85. The van der Waals surface area contributed by atoms with Gasteiger partial charge in [-0.1, -0.05) is 115 Å². The van der Waals surface area contributed by atoms with Crippen LogP contribution in [0, 0.1) is 0 Å². The van der Waals surface area contributed by atoms with E-state index in [1.165, 1.54) is 33.0 Å². The molecule has 0 unspecified atom stereocenters. The van der Waals surface area contributed by atoms with Crippen molar-refractivity contribution >= 4 is 54.5 Å². The van der Waals surface area contributed by atoms with Gasteiger partial charge in [-0.2, -0.15) is 0 Å². The van der Waals surface area contributed by atoms with Crippen molar-refractivity contribution < 1.29 is 0 Å². The van der Waals surface area contributed by atoms with Crippen molar-refractivity contribution in [2.45, 2.75) is 0 Å². The average Bonchev–Trinajstić information content (AvgIpc) is 3.57. The number of nitrogens with zero attached hydrogens (tertiary/aromatic N) is 4. The van der Waals surface area contributed by atoms with Crippen LogP contribution in [-0.2, 0) is 0 Å². The second-order valence-electron chi connectivity index (χ2n) is 12.5. The van der Waals surface area contributed by atoms with Crippen LogP contribution in [0.15, 0.2) is 170 Å². The first-order valence-corrected chi connectivity index (χ1v) is 16.5. The molecular formula is C45H28N4. The molecule has 49 heavy (non-hydrogen) atoms. The van der Waals surface area contributed by atoms with E-state index in [2.05, 4.69) is 150 Å². The molecule has 3 aromatic heterocycles. The van der Waals surface area contributed by atoms with Gasteiger partial charge in [-0.15, -0.1) is 0 Å². The number of hydrogen-bond acceptors (Lipinski definition) is 3. The van der Waals surface area contributed by atoms with Gasteiger partial charge in [0, 0.05) is 39.2 Å². The Balaban J connectivity index is 1.05. The zero-order valence-corrected chi connectivity index (χ0v) is 26.5. The molecule has 0 aliphatic carbocycles. The molecule has 4 heteroatoms. The molecule has 0 aliphatic rings. The third-order valence-electron chi connectivity index (χ3n) is 9.60. The number of imidazole rings is 1. The number of pyridine rings is 2. The Morgan fingerprint density at radius 2 is 1.08 bits per heavy atom. The minimum atomic E-state index is 0.931. The van der Waals surface area contributed by atoms with Crippen molar-refractivity contribution in [2.24, 2.45) is 0 Å². The summed E-state index contributed by atoms with van der Waals surface area (Å²) >= 11 is 0. The minimum Gasteiger partial charge on any atom is -0.292 e. The average molecular weight is 625 g/mol. The fraction of sp³-hybridized carbons (Fsp3) is 0. The van der Waals surface area contributed by atoms with E-state index in [4.69, 9.17) is 15.0 Å². The highest BCUT2D eigenvalue weighted by atomic mass is 15.1. The van der Waals surface area contributed by atoms with Gasteiger partial charge in [0.1, 0.15) is 5.82 Å². The maximum Gasteiger partial charge on any atom is 0.145 e. The fourth-order valence-corrected chi connectivity index (χ4v) is 7.25. The van der Waals surface area contributed by atoms with Gasteiger partial charge < -0.3 is 0 Å². The van der Waals surface area contributed by atoms with Gasteiger partial charge in [0.15, 0.2) is 0 Å². The Labute approximate surface area is 282 Å². The van der Waals surface area contributed by atoms with Crippen LogP contribution in [0.4, 0.5) is 0 Å². The molecule has 0 radical (unpaired) electrons. The second kappa shape index (κ2) is 11.0. The SMILES string of the molecule is c1ccc(-n2c(-c3ccc(-c4ccc5cc(-c6c7ccccc7nc7c6ccc6cccnc67)ccc5c4)cc3)nc3ccccc32)cc1. The van der Waals surface area contributed by atoms with Crippen LogP contribution in [0.3, 0.4) is 0 Å². The van der Waals surface area contributed by atoms with Gasteiger partial charge >= 0.3 is 0 Å². The largest absolute Gasteiger partial charge is 0.292 e. The highest BCUT2D eigenvalue weighted by molar-refractivity contribution is 6.16. The molecule has 0 saturated heterocycles. The van der Waals surface area contributed by atoms with Gasteiger partial charge in [0.2, 0.25) is 0 Å². The van der Waals surface area contributed by atoms with Crippen molar-refractivity contribution in [3.63, 3.8) is 0 Å². The summed E-state index contributed by atoms with van der Waals surface area (Å²) in [4.78, 5) is 14.9. The van der Waals surface area contributed by atoms with E-state index in [0.717, 1.165) is 60.8 Å². The van der Waals surface area contributed by atoms with Crippen LogP contribution in [0.2, 0.25) is 0 Å². The molecule has 10 aromatic rings. The van der Waals surface area contributed by atoms with E-state index in [9.17, 15) is 0 Å². The van der Waals surface area contributed by atoms with Gasteiger partial charge in [0.25, 0.3) is 0 Å². The number of aromatic nitrogens is 4. The minimum absolute atomic E-state index is 0.931.